The summed E-state index contributed by atoms with van der Waals surface area (Å²) in [4.78, 5) is 0. The molecule has 0 atom stereocenters. The zero-order valence-electron chi connectivity index (χ0n) is 9.68. The van der Waals surface area contributed by atoms with Gasteiger partial charge in [-0.15, -0.1) is 29.7 Å². The van der Waals surface area contributed by atoms with Gasteiger partial charge in [-0.3, -0.25) is 0 Å². The summed E-state index contributed by atoms with van der Waals surface area (Å²) in [6, 6.07) is 27.2. The average Bonchev–Trinajstić information content (AvgIpc) is 2.91. The van der Waals surface area contributed by atoms with Crippen molar-refractivity contribution >= 4 is 27.8 Å². The summed E-state index contributed by atoms with van der Waals surface area (Å²) in [5.74, 6) is 0. The second kappa shape index (κ2) is 10.4. The maximum Gasteiger partial charge on any atom is -0.0809 e. The smallest absolute Gasteiger partial charge is 0.0809 e. The van der Waals surface area contributed by atoms with Crippen molar-refractivity contribution in [2.24, 2.45) is 0 Å². The van der Waals surface area contributed by atoms with E-state index in [2.05, 4.69) is 48.5 Å². The Morgan fingerprint density at radius 3 is 2.06 bits per heavy atom. The van der Waals surface area contributed by atoms with E-state index in [9.17, 15) is 0 Å². The van der Waals surface area contributed by atoms with Crippen molar-refractivity contribution in [3.63, 3.8) is 0 Å². The van der Waals surface area contributed by atoms with Crippen LogP contribution in [0.5, 0.6) is 0 Å². The first-order valence-electron chi connectivity index (χ1n) is 5.36. The molecule has 0 aliphatic rings. The van der Waals surface area contributed by atoms with Gasteiger partial charge in [0, 0.05) is 0 Å². The largest absolute Gasteiger partial charge is 0.184 e. The number of rotatable bonds is 0. The van der Waals surface area contributed by atoms with Crippen LogP contribution in [0.3, 0.4) is 0 Å². The summed E-state index contributed by atoms with van der Waals surface area (Å²) in [6.45, 7) is 0. The van der Waals surface area contributed by atoms with Crippen LogP contribution >= 0.6 is 17.0 Å². The number of fused-ring (bicyclic) bond motifs is 1. The van der Waals surface area contributed by atoms with Crippen molar-refractivity contribution in [3.05, 3.63) is 78.9 Å². The van der Waals surface area contributed by atoms with Gasteiger partial charge in [0.1, 0.15) is 0 Å². The fourth-order valence-electron chi connectivity index (χ4n) is 1.41. The molecule has 0 aromatic heterocycles. The zero-order chi connectivity index (χ0) is 13.1. The van der Waals surface area contributed by atoms with E-state index in [0.29, 0.717) is 0 Å². The predicted molar refractivity (Wildman–Crippen MR) is 76.5 cm³/mol. The summed E-state index contributed by atoms with van der Waals surface area (Å²) in [5.41, 5.74) is 0. The van der Waals surface area contributed by atoms with Crippen molar-refractivity contribution in [1.29, 1.82) is 0 Å². The molecule has 0 nitrogen and oxygen atoms in total. The van der Waals surface area contributed by atoms with Gasteiger partial charge in [0.15, 0.2) is 0 Å². The summed E-state index contributed by atoms with van der Waals surface area (Å²) in [6.07, 6.45) is 0. The normalized spacial score (nSPS) is 8.33. The molecule has 0 amide bonds. The van der Waals surface area contributed by atoms with Crippen LogP contribution in [0.2, 0.25) is 0 Å². The second-order valence-electron chi connectivity index (χ2n) is 3.30. The molecule has 0 spiro atoms. The van der Waals surface area contributed by atoms with Crippen molar-refractivity contribution in [2.45, 2.75) is 0 Å². The van der Waals surface area contributed by atoms with Crippen molar-refractivity contribution in [2.75, 3.05) is 0 Å². The minimum Gasteiger partial charge on any atom is -0.184 e. The minimum absolute atomic E-state index is 0.826. The molecular weight excluding hydrogens is 342 g/mol. The molecule has 0 unspecified atom stereocenters. The maximum absolute atomic E-state index is 4.93. The molecule has 0 aliphatic carbocycles. The Kier molecular flexibility index (Phi) is 9.03. The average molecular weight is 354 g/mol. The molecular formula is C15H12Cl2Zr. The van der Waals surface area contributed by atoms with Gasteiger partial charge in [0.25, 0.3) is 0 Å². The van der Waals surface area contributed by atoms with E-state index in [1.165, 1.54) is 10.8 Å². The zero-order valence-corrected chi connectivity index (χ0v) is 13.7. The molecule has 0 aliphatic heterocycles. The van der Waals surface area contributed by atoms with Crippen LogP contribution in [0, 0.1) is 6.07 Å². The van der Waals surface area contributed by atoms with Gasteiger partial charge in [-0.1, -0.05) is 6.07 Å². The topological polar surface area (TPSA) is 0 Å². The molecule has 0 N–H and O–H groups in total. The number of hydrogen-bond acceptors (Lipinski definition) is 0. The molecule has 0 saturated carbocycles. The number of benzene rings is 2. The molecule has 3 aromatic carbocycles. The second-order valence-corrected chi connectivity index (χ2v) is 7.04. The Labute approximate surface area is 127 Å². The molecule has 90 valence electrons. The minimum atomic E-state index is -0.826. The van der Waals surface area contributed by atoms with Crippen molar-refractivity contribution in [3.8, 4) is 0 Å². The van der Waals surface area contributed by atoms with Gasteiger partial charge < -0.3 is 0 Å². The number of hydrogen-bond donors (Lipinski definition) is 0. The molecule has 0 heterocycles. The molecule has 0 fully saturated rings. The Hall–Kier alpha value is -0.487. The summed E-state index contributed by atoms with van der Waals surface area (Å²) >= 11 is -0.826. The molecule has 3 heteroatoms. The fourth-order valence-corrected chi connectivity index (χ4v) is 1.41. The monoisotopic (exact) mass is 352 g/mol. The van der Waals surface area contributed by atoms with E-state index in [4.69, 9.17) is 17.0 Å². The third kappa shape index (κ3) is 6.45. The van der Waals surface area contributed by atoms with E-state index in [1.54, 1.807) is 0 Å². The first-order chi connectivity index (χ1) is 8.88. The van der Waals surface area contributed by atoms with Crippen LogP contribution in [0.1, 0.15) is 0 Å². The van der Waals surface area contributed by atoms with E-state index < -0.39 is 20.8 Å². The number of halogens is 2. The third-order valence-electron chi connectivity index (χ3n) is 2.15. The van der Waals surface area contributed by atoms with Gasteiger partial charge in [-0.05, 0) is 0 Å². The Morgan fingerprint density at radius 2 is 1.56 bits per heavy atom. The van der Waals surface area contributed by atoms with Crippen molar-refractivity contribution < 1.29 is 20.8 Å². The van der Waals surface area contributed by atoms with E-state index >= 15 is 0 Å². The van der Waals surface area contributed by atoms with Crippen LogP contribution in [0.4, 0.5) is 0 Å². The van der Waals surface area contributed by atoms with Crippen LogP contribution < -0.4 is 0 Å². The Balaban J connectivity index is 0.000000157. The molecule has 18 heavy (non-hydrogen) atoms. The summed E-state index contributed by atoms with van der Waals surface area (Å²) in [5, 5.41) is 2.66. The van der Waals surface area contributed by atoms with Gasteiger partial charge in [0.05, 0.1) is 0 Å². The van der Waals surface area contributed by atoms with Gasteiger partial charge >= 0.3 is 37.9 Å². The molecule has 3 rings (SSSR count). The van der Waals surface area contributed by atoms with E-state index in [-0.39, 0.29) is 0 Å². The molecule has 0 radical (unpaired) electrons. The Morgan fingerprint density at radius 1 is 0.889 bits per heavy atom. The predicted octanol–water partition coefficient (Wildman–Crippen LogP) is 5.42. The third-order valence-corrected chi connectivity index (χ3v) is 2.15. The quantitative estimate of drug-likeness (QED) is 0.473. The molecule has 3 aromatic rings. The van der Waals surface area contributed by atoms with Gasteiger partial charge in [-0.2, -0.15) is 53.9 Å². The molecule has 0 bridgehead atoms. The van der Waals surface area contributed by atoms with Crippen LogP contribution in [-0.2, 0) is 20.8 Å². The molecule has 0 saturated heterocycles. The van der Waals surface area contributed by atoms with Crippen LogP contribution in [0.15, 0.2) is 72.8 Å². The fraction of sp³-hybridized carbons (Fsp3) is 0. The summed E-state index contributed by atoms with van der Waals surface area (Å²) in [7, 11) is 9.87. The first kappa shape index (κ1) is 15.6. The SMILES string of the molecule is [Cl][Zr+2][Cl].[c-]1ccccc1.c1ccc2[cH-]ccc2c1. The van der Waals surface area contributed by atoms with Gasteiger partial charge in [0.2, 0.25) is 0 Å². The van der Waals surface area contributed by atoms with E-state index in [0.717, 1.165) is 0 Å². The summed E-state index contributed by atoms with van der Waals surface area (Å²) < 4.78 is 0. The maximum atomic E-state index is 4.93. The van der Waals surface area contributed by atoms with Crippen LogP contribution in [-0.4, -0.2) is 0 Å². The first-order valence-corrected chi connectivity index (χ1v) is 11.7. The Bertz CT molecular complexity index is 463. The van der Waals surface area contributed by atoms with Crippen molar-refractivity contribution in [1.82, 2.24) is 0 Å². The van der Waals surface area contributed by atoms with Gasteiger partial charge in [-0.25, -0.2) is 0 Å². The standard InChI is InChI=1S/C9H7.C6H5.2ClH.Zr/c1-2-5-9-7-3-6-8(9)4-1;1-2-4-6-5-3-1;;;/h1-7H;1-5H;2*1H;/q2*-1;;;+4/p-2. The van der Waals surface area contributed by atoms with Crippen LogP contribution in [0.25, 0.3) is 10.8 Å². The van der Waals surface area contributed by atoms with E-state index in [1.807, 2.05) is 30.3 Å².